The molecule has 2 atom stereocenters. The van der Waals surface area contributed by atoms with Crippen molar-refractivity contribution in [2.24, 2.45) is 0 Å². The molecule has 0 bridgehead atoms. The van der Waals surface area contributed by atoms with Crippen LogP contribution in [0, 0.1) is 11.3 Å². The molecule has 0 aromatic heterocycles. The fourth-order valence-corrected chi connectivity index (χ4v) is 3.89. The number of alkyl halides is 3. The molecule has 0 unspecified atom stereocenters. The second-order valence-electron chi connectivity index (χ2n) is 5.31. The smallest absolute Gasteiger partial charge is 0.381 e. The Labute approximate surface area is 132 Å². The van der Waals surface area contributed by atoms with Crippen molar-refractivity contribution in [3.63, 3.8) is 0 Å². The summed E-state index contributed by atoms with van der Waals surface area (Å²) < 4.78 is 70.4. The SMILES string of the molecule is CO[C@H]1CC[C@H](NS(=O)(=O)c2ccc(C(F)(F)F)c(C#N)c2)C1. The lowest BCUT2D eigenvalue weighted by Gasteiger charge is -2.15. The third-order valence-electron chi connectivity index (χ3n) is 3.77. The molecule has 1 aliphatic carbocycles. The number of nitriles is 1. The van der Waals surface area contributed by atoms with Crippen molar-refractivity contribution in [2.75, 3.05) is 7.11 Å². The zero-order valence-electron chi connectivity index (χ0n) is 12.2. The van der Waals surface area contributed by atoms with Crippen LogP contribution in [0.4, 0.5) is 13.2 Å². The van der Waals surface area contributed by atoms with Gasteiger partial charge in [-0.3, -0.25) is 0 Å². The maximum Gasteiger partial charge on any atom is 0.417 e. The first-order valence-electron chi connectivity index (χ1n) is 6.84. The molecular formula is C14H15F3N2O3S. The molecule has 1 saturated carbocycles. The molecule has 0 amide bonds. The lowest BCUT2D eigenvalue weighted by molar-refractivity contribution is -0.137. The predicted molar refractivity (Wildman–Crippen MR) is 74.9 cm³/mol. The zero-order chi connectivity index (χ0) is 17.3. The molecule has 1 N–H and O–H groups in total. The summed E-state index contributed by atoms with van der Waals surface area (Å²) in [4.78, 5) is -0.358. The quantitative estimate of drug-likeness (QED) is 0.906. The summed E-state index contributed by atoms with van der Waals surface area (Å²) in [6.45, 7) is 0. The molecule has 5 nitrogen and oxygen atoms in total. The number of nitrogens with one attached hydrogen (secondary N) is 1. The van der Waals surface area contributed by atoms with Gasteiger partial charge in [0.1, 0.15) is 0 Å². The Kier molecular flexibility index (Phi) is 4.98. The van der Waals surface area contributed by atoms with E-state index in [1.165, 1.54) is 13.2 Å². The van der Waals surface area contributed by atoms with Crippen molar-refractivity contribution >= 4 is 10.0 Å². The minimum Gasteiger partial charge on any atom is -0.381 e. The summed E-state index contributed by atoms with van der Waals surface area (Å²) >= 11 is 0. The summed E-state index contributed by atoms with van der Waals surface area (Å²) in [5.41, 5.74) is -1.87. The molecule has 1 aromatic carbocycles. The van der Waals surface area contributed by atoms with Crippen molar-refractivity contribution in [2.45, 2.75) is 42.5 Å². The van der Waals surface area contributed by atoms with Crippen LogP contribution in [0.2, 0.25) is 0 Å². The van der Waals surface area contributed by atoms with Crippen LogP contribution in [0.15, 0.2) is 23.1 Å². The first-order chi connectivity index (χ1) is 10.7. The van der Waals surface area contributed by atoms with Crippen molar-refractivity contribution in [3.8, 4) is 6.07 Å². The Bertz CT molecular complexity index is 726. The van der Waals surface area contributed by atoms with E-state index in [2.05, 4.69) is 4.72 Å². The number of hydrogen-bond acceptors (Lipinski definition) is 4. The maximum absolute atomic E-state index is 12.7. The van der Waals surface area contributed by atoms with E-state index >= 15 is 0 Å². The van der Waals surface area contributed by atoms with Crippen molar-refractivity contribution in [1.29, 1.82) is 5.26 Å². The summed E-state index contributed by atoms with van der Waals surface area (Å²) in [5.74, 6) is 0. The Morgan fingerprint density at radius 3 is 2.57 bits per heavy atom. The molecule has 0 radical (unpaired) electrons. The minimum absolute atomic E-state index is 0.0371. The summed E-state index contributed by atoms with van der Waals surface area (Å²) in [6, 6.07) is 3.27. The van der Waals surface area contributed by atoms with Gasteiger partial charge >= 0.3 is 6.18 Å². The van der Waals surface area contributed by atoms with Crippen LogP contribution < -0.4 is 4.72 Å². The largest absolute Gasteiger partial charge is 0.417 e. The van der Waals surface area contributed by atoms with Crippen LogP contribution in [0.5, 0.6) is 0 Å². The first-order valence-corrected chi connectivity index (χ1v) is 8.32. The van der Waals surface area contributed by atoms with E-state index in [9.17, 15) is 21.6 Å². The third-order valence-corrected chi connectivity index (χ3v) is 5.29. The van der Waals surface area contributed by atoms with Gasteiger partial charge in [-0.15, -0.1) is 0 Å². The number of hydrogen-bond donors (Lipinski definition) is 1. The van der Waals surface area contributed by atoms with Gasteiger partial charge in [-0.2, -0.15) is 18.4 Å². The lowest BCUT2D eigenvalue weighted by atomic mass is 10.1. The van der Waals surface area contributed by atoms with E-state index in [1.807, 2.05) is 0 Å². The molecular weight excluding hydrogens is 333 g/mol. The molecule has 1 aliphatic rings. The number of nitrogens with zero attached hydrogens (tertiary/aromatic N) is 1. The molecule has 0 spiro atoms. The van der Waals surface area contributed by atoms with Crippen LogP contribution >= 0.6 is 0 Å². The van der Waals surface area contributed by atoms with Gasteiger partial charge in [0.25, 0.3) is 0 Å². The second-order valence-corrected chi connectivity index (χ2v) is 7.02. The number of methoxy groups -OCH3 is 1. The molecule has 0 heterocycles. The molecule has 9 heteroatoms. The van der Waals surface area contributed by atoms with Crippen molar-refractivity contribution in [3.05, 3.63) is 29.3 Å². The van der Waals surface area contributed by atoms with E-state index in [0.717, 1.165) is 12.1 Å². The maximum atomic E-state index is 12.7. The topological polar surface area (TPSA) is 79.2 Å². The fraction of sp³-hybridized carbons (Fsp3) is 0.500. The summed E-state index contributed by atoms with van der Waals surface area (Å²) in [5, 5.41) is 8.84. The molecule has 2 rings (SSSR count). The lowest BCUT2D eigenvalue weighted by Crippen LogP contribution is -2.33. The zero-order valence-corrected chi connectivity index (χ0v) is 13.0. The van der Waals surface area contributed by atoms with Gasteiger partial charge in [0.2, 0.25) is 10.0 Å². The van der Waals surface area contributed by atoms with E-state index in [-0.39, 0.29) is 17.0 Å². The van der Waals surface area contributed by atoms with Crippen LogP contribution in [-0.4, -0.2) is 27.7 Å². The highest BCUT2D eigenvalue weighted by molar-refractivity contribution is 7.89. The molecule has 0 aliphatic heterocycles. The van der Waals surface area contributed by atoms with Gasteiger partial charge in [0.05, 0.1) is 28.2 Å². The third kappa shape index (κ3) is 4.02. The average molecular weight is 348 g/mol. The normalized spacial score (nSPS) is 22.0. The van der Waals surface area contributed by atoms with Gasteiger partial charge in [0.15, 0.2) is 0 Å². The first kappa shape index (κ1) is 17.7. The van der Waals surface area contributed by atoms with Gasteiger partial charge in [-0.25, -0.2) is 13.1 Å². The van der Waals surface area contributed by atoms with Crippen LogP contribution in [0.3, 0.4) is 0 Å². The van der Waals surface area contributed by atoms with Crippen LogP contribution in [0.1, 0.15) is 30.4 Å². The molecule has 23 heavy (non-hydrogen) atoms. The monoisotopic (exact) mass is 348 g/mol. The number of sulfonamides is 1. The molecule has 126 valence electrons. The average Bonchev–Trinajstić information content (AvgIpc) is 2.92. The van der Waals surface area contributed by atoms with Gasteiger partial charge in [-0.1, -0.05) is 0 Å². The standard InChI is InChI=1S/C14H15F3N2O3S/c1-22-11-3-2-10(7-11)19-23(20,21)12-4-5-13(14(15,16)17)9(6-12)8-18/h4-6,10-11,19H,2-3,7H2,1H3/t10-,11-/m0/s1. The van der Waals surface area contributed by atoms with Crippen molar-refractivity contribution in [1.82, 2.24) is 4.72 Å². The number of benzene rings is 1. The van der Waals surface area contributed by atoms with Gasteiger partial charge < -0.3 is 4.74 Å². The number of ether oxygens (including phenoxy) is 1. The number of halogens is 3. The van der Waals surface area contributed by atoms with E-state index in [1.54, 1.807) is 0 Å². The van der Waals surface area contributed by atoms with Crippen molar-refractivity contribution < 1.29 is 26.3 Å². The van der Waals surface area contributed by atoms with Gasteiger partial charge in [-0.05, 0) is 37.5 Å². The highest BCUT2D eigenvalue weighted by Crippen LogP contribution is 2.33. The fourth-order valence-electron chi connectivity index (χ4n) is 2.58. The van der Waals surface area contributed by atoms with Crippen LogP contribution in [-0.2, 0) is 20.9 Å². The van der Waals surface area contributed by atoms with Crippen LogP contribution in [0.25, 0.3) is 0 Å². The molecule has 0 saturated heterocycles. The summed E-state index contributed by atoms with van der Waals surface area (Å²) in [6.07, 6.45) is -2.95. The van der Waals surface area contributed by atoms with E-state index in [0.29, 0.717) is 25.3 Å². The number of rotatable bonds is 4. The predicted octanol–water partition coefficient (Wildman–Crippen LogP) is 2.42. The highest BCUT2D eigenvalue weighted by atomic mass is 32.2. The Morgan fingerprint density at radius 1 is 1.35 bits per heavy atom. The Morgan fingerprint density at radius 2 is 2.04 bits per heavy atom. The Balaban J connectivity index is 2.26. The highest BCUT2D eigenvalue weighted by Gasteiger charge is 2.35. The molecule has 1 aromatic rings. The molecule has 1 fully saturated rings. The summed E-state index contributed by atoms with van der Waals surface area (Å²) in [7, 11) is -2.46. The second kappa shape index (κ2) is 6.47. The van der Waals surface area contributed by atoms with E-state index < -0.39 is 27.3 Å². The van der Waals surface area contributed by atoms with E-state index in [4.69, 9.17) is 10.00 Å². The van der Waals surface area contributed by atoms with Gasteiger partial charge in [0, 0.05) is 13.2 Å². The minimum atomic E-state index is -4.71. The Hall–Kier alpha value is -1.63.